The van der Waals surface area contributed by atoms with Crippen molar-refractivity contribution in [2.45, 2.75) is 58.8 Å². The highest BCUT2D eigenvalue weighted by Gasteiger charge is 2.58. The molecule has 21 heavy (non-hydrogen) atoms. The number of carbonyl (C=O) groups excluding carboxylic acids is 2. The summed E-state index contributed by atoms with van der Waals surface area (Å²) in [5, 5.41) is 9.15. The van der Waals surface area contributed by atoms with E-state index >= 15 is 0 Å². The van der Waals surface area contributed by atoms with E-state index in [2.05, 4.69) is 6.92 Å². The molecule has 3 saturated carbocycles. The summed E-state index contributed by atoms with van der Waals surface area (Å²) in [6.45, 7) is 4.14. The van der Waals surface area contributed by atoms with Crippen molar-refractivity contribution in [3.8, 4) is 0 Å². The number of ketones is 2. The Bertz CT molecular complexity index is 444. The second kappa shape index (κ2) is 5.49. The van der Waals surface area contributed by atoms with Crippen LogP contribution in [0.3, 0.4) is 0 Å². The van der Waals surface area contributed by atoms with Gasteiger partial charge in [0.05, 0.1) is 0 Å². The van der Waals surface area contributed by atoms with E-state index in [4.69, 9.17) is 5.11 Å². The Hall–Kier alpha value is -0.700. The minimum absolute atomic E-state index is 0.0755. The Kier molecular flexibility index (Phi) is 3.98. The average molecular weight is 292 g/mol. The minimum Gasteiger partial charge on any atom is -0.396 e. The fourth-order valence-corrected chi connectivity index (χ4v) is 5.97. The summed E-state index contributed by atoms with van der Waals surface area (Å²) in [7, 11) is 0. The molecule has 0 heterocycles. The van der Waals surface area contributed by atoms with Crippen LogP contribution < -0.4 is 0 Å². The SMILES string of the molecule is CC(=O)[C@H]1CC[C@H]2[C@@H]3CC[C@H](CCO)C[C@H]3C(=O)C[C@]12C. The molecule has 0 bridgehead atoms. The zero-order valence-corrected chi connectivity index (χ0v) is 13.3. The van der Waals surface area contributed by atoms with E-state index in [1.54, 1.807) is 6.92 Å². The van der Waals surface area contributed by atoms with Gasteiger partial charge in [0.1, 0.15) is 11.6 Å². The van der Waals surface area contributed by atoms with E-state index in [1.807, 2.05) is 0 Å². The molecule has 0 aromatic heterocycles. The summed E-state index contributed by atoms with van der Waals surface area (Å²) in [5.41, 5.74) is -0.0755. The molecule has 118 valence electrons. The Labute approximate surface area is 127 Å². The van der Waals surface area contributed by atoms with Gasteiger partial charge in [0, 0.05) is 24.9 Å². The molecule has 0 saturated heterocycles. The maximum absolute atomic E-state index is 12.7. The molecule has 3 rings (SSSR count). The number of aliphatic hydroxyl groups excluding tert-OH is 1. The third kappa shape index (κ3) is 2.38. The molecule has 0 spiro atoms. The molecule has 0 radical (unpaired) electrons. The third-order valence-corrected chi connectivity index (χ3v) is 6.94. The van der Waals surface area contributed by atoms with Crippen LogP contribution in [0.2, 0.25) is 0 Å². The van der Waals surface area contributed by atoms with Gasteiger partial charge in [-0.1, -0.05) is 13.3 Å². The smallest absolute Gasteiger partial charge is 0.136 e. The van der Waals surface area contributed by atoms with Gasteiger partial charge >= 0.3 is 0 Å². The van der Waals surface area contributed by atoms with Crippen molar-refractivity contribution >= 4 is 11.6 Å². The van der Waals surface area contributed by atoms with Gasteiger partial charge in [0.2, 0.25) is 0 Å². The van der Waals surface area contributed by atoms with Crippen LogP contribution in [0.15, 0.2) is 0 Å². The van der Waals surface area contributed by atoms with Gasteiger partial charge in [-0.3, -0.25) is 9.59 Å². The summed E-state index contributed by atoms with van der Waals surface area (Å²) in [6.07, 6.45) is 6.79. The molecule has 6 atom stereocenters. The highest BCUT2D eigenvalue weighted by molar-refractivity contribution is 5.86. The molecule has 0 aromatic rings. The number of aliphatic hydroxyl groups is 1. The Balaban J connectivity index is 1.82. The lowest BCUT2D eigenvalue weighted by atomic mass is 9.53. The number of rotatable bonds is 3. The van der Waals surface area contributed by atoms with Crippen LogP contribution in [0.1, 0.15) is 58.8 Å². The van der Waals surface area contributed by atoms with Gasteiger partial charge in [-0.2, -0.15) is 0 Å². The third-order valence-electron chi connectivity index (χ3n) is 6.94. The van der Waals surface area contributed by atoms with E-state index in [-0.39, 0.29) is 29.6 Å². The van der Waals surface area contributed by atoms with Gasteiger partial charge < -0.3 is 5.11 Å². The number of fused-ring (bicyclic) bond motifs is 3. The topological polar surface area (TPSA) is 54.4 Å². The molecule has 3 fully saturated rings. The van der Waals surface area contributed by atoms with Crippen molar-refractivity contribution in [3.05, 3.63) is 0 Å². The van der Waals surface area contributed by atoms with Crippen molar-refractivity contribution in [2.75, 3.05) is 6.61 Å². The Morgan fingerprint density at radius 3 is 2.71 bits per heavy atom. The predicted octanol–water partition coefficient (Wildman–Crippen LogP) is 3.00. The maximum Gasteiger partial charge on any atom is 0.136 e. The Morgan fingerprint density at radius 2 is 2.05 bits per heavy atom. The molecule has 0 aromatic carbocycles. The van der Waals surface area contributed by atoms with E-state index in [1.165, 1.54) is 0 Å². The second-order valence-corrected chi connectivity index (χ2v) is 7.96. The van der Waals surface area contributed by atoms with Crippen molar-refractivity contribution in [3.63, 3.8) is 0 Å². The first-order valence-electron chi connectivity index (χ1n) is 8.61. The first-order chi connectivity index (χ1) is 9.97. The van der Waals surface area contributed by atoms with Crippen LogP contribution in [0.5, 0.6) is 0 Å². The summed E-state index contributed by atoms with van der Waals surface area (Å²) in [6, 6.07) is 0. The van der Waals surface area contributed by atoms with E-state index in [9.17, 15) is 9.59 Å². The van der Waals surface area contributed by atoms with Crippen molar-refractivity contribution in [1.29, 1.82) is 0 Å². The molecule has 0 aliphatic heterocycles. The zero-order valence-electron chi connectivity index (χ0n) is 13.3. The molecule has 0 unspecified atom stereocenters. The summed E-state index contributed by atoms with van der Waals surface area (Å²) in [4.78, 5) is 24.7. The van der Waals surface area contributed by atoms with Crippen LogP contribution in [0, 0.1) is 35.0 Å². The highest BCUT2D eigenvalue weighted by Crippen LogP contribution is 2.61. The van der Waals surface area contributed by atoms with Crippen molar-refractivity contribution in [1.82, 2.24) is 0 Å². The largest absolute Gasteiger partial charge is 0.396 e. The van der Waals surface area contributed by atoms with Crippen LogP contribution in [-0.2, 0) is 9.59 Å². The quantitative estimate of drug-likeness (QED) is 0.870. The van der Waals surface area contributed by atoms with Crippen molar-refractivity contribution in [2.24, 2.45) is 35.0 Å². The average Bonchev–Trinajstić information content (AvgIpc) is 2.76. The lowest BCUT2D eigenvalue weighted by Gasteiger charge is -2.50. The standard InChI is InChI=1S/C18H28O3/c1-11(20)15-5-6-16-13-4-3-12(7-8-19)9-14(13)17(21)10-18(15,16)2/h12-16,19H,3-10H2,1-2H3/t12-,13-,14-,15-,16+,18-/m1/s1. The predicted molar refractivity (Wildman–Crippen MR) is 80.6 cm³/mol. The first kappa shape index (κ1) is 15.2. The molecule has 3 nitrogen and oxygen atoms in total. The van der Waals surface area contributed by atoms with Crippen LogP contribution >= 0.6 is 0 Å². The van der Waals surface area contributed by atoms with E-state index < -0.39 is 0 Å². The zero-order chi connectivity index (χ0) is 15.2. The summed E-state index contributed by atoms with van der Waals surface area (Å²) >= 11 is 0. The van der Waals surface area contributed by atoms with E-state index in [0.29, 0.717) is 30.0 Å². The maximum atomic E-state index is 12.7. The van der Waals surface area contributed by atoms with Crippen molar-refractivity contribution < 1.29 is 14.7 Å². The summed E-state index contributed by atoms with van der Waals surface area (Å²) in [5.74, 6) is 2.56. The molecule has 3 heteroatoms. The van der Waals surface area contributed by atoms with Crippen LogP contribution in [0.25, 0.3) is 0 Å². The first-order valence-corrected chi connectivity index (χ1v) is 8.61. The molecular formula is C18H28O3. The number of hydrogen-bond donors (Lipinski definition) is 1. The molecule has 0 amide bonds. The van der Waals surface area contributed by atoms with E-state index in [0.717, 1.165) is 38.5 Å². The van der Waals surface area contributed by atoms with Gasteiger partial charge in [-0.05, 0) is 62.2 Å². The molecule has 3 aliphatic rings. The van der Waals surface area contributed by atoms with Gasteiger partial charge in [0.25, 0.3) is 0 Å². The number of carbonyl (C=O) groups is 2. The lowest BCUT2D eigenvalue weighted by molar-refractivity contribution is -0.142. The van der Waals surface area contributed by atoms with Crippen LogP contribution in [0.4, 0.5) is 0 Å². The monoisotopic (exact) mass is 292 g/mol. The highest BCUT2D eigenvalue weighted by atomic mass is 16.3. The normalized spacial score (nSPS) is 46.0. The van der Waals surface area contributed by atoms with Crippen LogP contribution in [-0.4, -0.2) is 23.3 Å². The summed E-state index contributed by atoms with van der Waals surface area (Å²) < 4.78 is 0. The van der Waals surface area contributed by atoms with Gasteiger partial charge in [-0.15, -0.1) is 0 Å². The van der Waals surface area contributed by atoms with Gasteiger partial charge in [0.15, 0.2) is 0 Å². The minimum atomic E-state index is -0.0755. The molecule has 1 N–H and O–H groups in total. The number of hydrogen-bond acceptors (Lipinski definition) is 3. The Morgan fingerprint density at radius 1 is 1.29 bits per heavy atom. The number of Topliss-reactive ketones (excluding diaryl/α,β-unsaturated/α-hetero) is 2. The van der Waals surface area contributed by atoms with Gasteiger partial charge in [-0.25, -0.2) is 0 Å². The lowest BCUT2D eigenvalue weighted by Crippen LogP contribution is -2.49. The molecule has 3 aliphatic carbocycles. The molecular weight excluding hydrogens is 264 g/mol. The fraction of sp³-hybridized carbons (Fsp3) is 0.889. The fourth-order valence-electron chi connectivity index (χ4n) is 5.97. The second-order valence-electron chi connectivity index (χ2n) is 7.96.